The molecule has 0 rings (SSSR count). The second kappa shape index (κ2) is 23.0. The van der Waals surface area contributed by atoms with E-state index >= 15 is 0 Å². The number of unbranched alkanes of at least 4 members (excludes halogenated alkanes) is 1. The minimum absolute atomic E-state index is 0.0129. The van der Waals surface area contributed by atoms with Gasteiger partial charge in [0.1, 0.15) is 18.1 Å². The number of guanidine groups is 2. The summed E-state index contributed by atoms with van der Waals surface area (Å²) in [7, 11) is 0. The van der Waals surface area contributed by atoms with Crippen LogP contribution in [0.1, 0.15) is 44.9 Å². The molecule has 0 aromatic carbocycles. The molecular weight excluding hydrogens is 452 g/mol. The van der Waals surface area contributed by atoms with Gasteiger partial charge in [0.25, 0.3) is 0 Å². The lowest BCUT2D eigenvalue weighted by molar-refractivity contribution is -0.139. The Balaban J connectivity index is -0.000000426. The van der Waals surface area contributed by atoms with Crippen molar-refractivity contribution >= 4 is 29.8 Å². The van der Waals surface area contributed by atoms with E-state index < -0.39 is 36.0 Å². The summed E-state index contributed by atoms with van der Waals surface area (Å²) in [5.74, 6) is -2.91. The predicted octanol–water partition coefficient (Wildman–Crippen LogP) is -3.57. The van der Waals surface area contributed by atoms with E-state index in [1.54, 1.807) is 0 Å². The Hall–Kier alpha value is -3.21. The van der Waals surface area contributed by atoms with Crippen molar-refractivity contribution < 1.29 is 29.7 Å². The Labute approximate surface area is 198 Å². The first kappa shape index (κ1) is 35.4. The lowest BCUT2D eigenvalue weighted by Gasteiger charge is -2.03. The van der Waals surface area contributed by atoms with Crippen molar-refractivity contribution in [2.24, 2.45) is 55.9 Å². The second-order valence-electron chi connectivity index (χ2n) is 7.02. The summed E-state index contributed by atoms with van der Waals surface area (Å²) in [6.07, 6.45) is 4.08. The summed E-state index contributed by atoms with van der Waals surface area (Å²) in [4.78, 5) is 37.9. The normalized spacial score (nSPS) is 12.4. The zero-order chi connectivity index (χ0) is 27.1. The molecule has 0 saturated heterocycles. The summed E-state index contributed by atoms with van der Waals surface area (Å²) in [5, 5.41) is 25.1. The van der Waals surface area contributed by atoms with E-state index in [4.69, 9.17) is 61.2 Å². The molecule has 0 aliphatic heterocycles. The first-order valence-corrected chi connectivity index (χ1v) is 10.5. The van der Waals surface area contributed by atoms with Crippen molar-refractivity contribution in [3.8, 4) is 0 Å². The molecule has 0 heterocycles. The molecule has 0 radical (unpaired) electrons. The fraction of sp³-hybridized carbons (Fsp3) is 0.722. The summed E-state index contributed by atoms with van der Waals surface area (Å²) in [5.41, 5.74) is 41.1. The molecule has 0 aliphatic rings. The van der Waals surface area contributed by atoms with Gasteiger partial charge in [0.05, 0.1) is 0 Å². The van der Waals surface area contributed by atoms with Gasteiger partial charge in [0, 0.05) is 13.1 Å². The van der Waals surface area contributed by atoms with Gasteiger partial charge in [0.15, 0.2) is 11.9 Å². The Kier molecular flexibility index (Phi) is 23.9. The number of carbonyl (C=O) groups is 3. The molecule has 200 valence electrons. The van der Waals surface area contributed by atoms with Crippen molar-refractivity contribution in [2.45, 2.75) is 63.1 Å². The molecule has 16 nitrogen and oxygen atoms in total. The highest BCUT2D eigenvalue weighted by molar-refractivity contribution is 5.76. The number of nitrogens with two attached hydrogens (primary N) is 8. The van der Waals surface area contributed by atoms with Gasteiger partial charge in [-0.25, -0.2) is 0 Å². The fourth-order valence-electron chi connectivity index (χ4n) is 1.92. The molecule has 0 amide bonds. The van der Waals surface area contributed by atoms with Crippen LogP contribution in [0.4, 0.5) is 0 Å². The minimum atomic E-state index is -1.00. The maximum atomic E-state index is 10.2. The molecule has 19 N–H and O–H groups in total. The third kappa shape index (κ3) is 28.8. The van der Waals surface area contributed by atoms with Crippen LogP contribution in [0.3, 0.4) is 0 Å². The van der Waals surface area contributed by atoms with Crippen LogP contribution in [0.25, 0.3) is 0 Å². The first-order chi connectivity index (χ1) is 15.8. The summed E-state index contributed by atoms with van der Waals surface area (Å²) in [6, 6.07) is -2.36. The predicted molar refractivity (Wildman–Crippen MR) is 130 cm³/mol. The average Bonchev–Trinajstić information content (AvgIpc) is 2.74. The molecule has 34 heavy (non-hydrogen) atoms. The van der Waals surface area contributed by atoms with E-state index in [1.165, 1.54) is 0 Å². The lowest BCUT2D eigenvalue weighted by atomic mass is 10.1. The molecule has 0 spiro atoms. The van der Waals surface area contributed by atoms with Crippen LogP contribution in [-0.2, 0) is 14.4 Å². The van der Waals surface area contributed by atoms with Crippen molar-refractivity contribution in [1.82, 2.24) is 0 Å². The molecule has 0 bridgehead atoms. The highest BCUT2D eigenvalue weighted by Gasteiger charge is 2.10. The monoisotopic (exact) mass is 494 g/mol. The number of nitrogens with zero attached hydrogens (tertiary/aromatic N) is 2. The standard InChI is InChI=1S/2C6H14N4O2.C6H14N2O2/c2*7-4(5(11)12)2-1-3-10-6(8)9;7-4-2-1-3-5(8)6(9)10/h2*4H,1-3,7H2,(H,11,12)(H4,8,9,10);5H,1-4,7-8H2,(H,9,10)/t2*4-;5-/m000/s1. The highest BCUT2D eigenvalue weighted by Crippen LogP contribution is 1.97. The minimum Gasteiger partial charge on any atom is -0.480 e. The van der Waals surface area contributed by atoms with Gasteiger partial charge in [-0.3, -0.25) is 24.4 Å². The summed E-state index contributed by atoms with van der Waals surface area (Å²) < 4.78 is 0. The number of carboxylic acid groups (broad SMARTS) is 3. The van der Waals surface area contributed by atoms with Gasteiger partial charge in [-0.2, -0.15) is 0 Å². The molecule has 0 saturated carbocycles. The van der Waals surface area contributed by atoms with Gasteiger partial charge >= 0.3 is 17.9 Å². The van der Waals surface area contributed by atoms with E-state index in [9.17, 15) is 14.4 Å². The van der Waals surface area contributed by atoms with Crippen LogP contribution in [-0.4, -0.2) is 82.9 Å². The molecule has 0 unspecified atom stereocenters. The SMILES string of the molecule is NC(N)=NCCC[C@H](N)C(=O)O.NC(N)=NCCC[C@H](N)C(=O)O.NCCCC[C@H](N)C(=O)O. The van der Waals surface area contributed by atoms with Gasteiger partial charge in [-0.1, -0.05) is 6.42 Å². The van der Waals surface area contributed by atoms with Crippen LogP contribution in [0.2, 0.25) is 0 Å². The van der Waals surface area contributed by atoms with Gasteiger partial charge in [-0.05, 0) is 45.1 Å². The van der Waals surface area contributed by atoms with E-state index in [0.717, 1.165) is 12.8 Å². The smallest absolute Gasteiger partial charge is 0.320 e. The maximum Gasteiger partial charge on any atom is 0.320 e. The lowest BCUT2D eigenvalue weighted by Crippen LogP contribution is -2.30. The zero-order valence-corrected chi connectivity index (χ0v) is 19.4. The second-order valence-corrected chi connectivity index (χ2v) is 7.02. The van der Waals surface area contributed by atoms with Crippen LogP contribution < -0.4 is 45.9 Å². The first-order valence-electron chi connectivity index (χ1n) is 10.5. The van der Waals surface area contributed by atoms with Crippen molar-refractivity contribution in [3.63, 3.8) is 0 Å². The maximum absolute atomic E-state index is 10.2. The van der Waals surface area contributed by atoms with Gasteiger partial charge in [0.2, 0.25) is 0 Å². The third-order valence-corrected chi connectivity index (χ3v) is 3.86. The quantitative estimate of drug-likeness (QED) is 0.0595. The fourth-order valence-corrected chi connectivity index (χ4v) is 1.92. The average molecular weight is 495 g/mol. The number of aliphatic imine (C=N–C) groups is 2. The Morgan fingerprint density at radius 1 is 0.588 bits per heavy atom. The third-order valence-electron chi connectivity index (χ3n) is 3.86. The van der Waals surface area contributed by atoms with E-state index in [-0.39, 0.29) is 11.9 Å². The Morgan fingerprint density at radius 2 is 0.882 bits per heavy atom. The summed E-state index contributed by atoms with van der Waals surface area (Å²) in [6.45, 7) is 1.44. The van der Waals surface area contributed by atoms with Crippen molar-refractivity contribution in [1.29, 1.82) is 0 Å². The van der Waals surface area contributed by atoms with Crippen LogP contribution in [0.5, 0.6) is 0 Å². The number of hydrogen-bond donors (Lipinski definition) is 11. The van der Waals surface area contributed by atoms with Crippen molar-refractivity contribution in [3.05, 3.63) is 0 Å². The molecule has 3 atom stereocenters. The summed E-state index contributed by atoms with van der Waals surface area (Å²) >= 11 is 0. The Morgan fingerprint density at radius 3 is 1.12 bits per heavy atom. The van der Waals surface area contributed by atoms with Crippen LogP contribution >= 0.6 is 0 Å². The van der Waals surface area contributed by atoms with Crippen molar-refractivity contribution in [2.75, 3.05) is 19.6 Å². The molecule has 16 heteroatoms. The van der Waals surface area contributed by atoms with Gasteiger partial charge in [-0.15, -0.1) is 0 Å². The molecule has 0 fully saturated rings. The zero-order valence-electron chi connectivity index (χ0n) is 19.4. The van der Waals surface area contributed by atoms with Crippen LogP contribution in [0, 0.1) is 0 Å². The molecule has 0 aromatic rings. The van der Waals surface area contributed by atoms with Gasteiger partial charge < -0.3 is 61.2 Å². The number of carboxylic acids is 3. The molecule has 0 aliphatic carbocycles. The number of aliphatic carboxylic acids is 3. The van der Waals surface area contributed by atoms with E-state index in [1.807, 2.05) is 0 Å². The number of hydrogen-bond acceptors (Lipinski definition) is 9. The molecular formula is C18H42N10O6. The largest absolute Gasteiger partial charge is 0.480 e. The highest BCUT2D eigenvalue weighted by atomic mass is 16.4. The number of rotatable bonds is 15. The van der Waals surface area contributed by atoms with Crippen LogP contribution in [0.15, 0.2) is 9.98 Å². The topological polar surface area (TPSA) is 345 Å². The molecule has 0 aromatic heterocycles. The van der Waals surface area contributed by atoms with E-state index in [0.29, 0.717) is 51.7 Å². The Bertz CT molecular complexity index is 584. The van der Waals surface area contributed by atoms with E-state index in [2.05, 4.69) is 9.98 Å².